The molecule has 0 bridgehead atoms. The second-order valence-corrected chi connectivity index (χ2v) is 9.44. The Balaban J connectivity index is 1.19. The lowest BCUT2D eigenvalue weighted by atomic mass is 9.96. The third-order valence-corrected chi connectivity index (χ3v) is 7.32. The summed E-state index contributed by atoms with van der Waals surface area (Å²) in [6.07, 6.45) is 0.809. The summed E-state index contributed by atoms with van der Waals surface area (Å²) in [6.45, 7) is 5.24. The number of carbonyl (C=O) groups excluding carboxylic acids is 1. The third kappa shape index (κ3) is 4.06. The maximum absolute atomic E-state index is 13.6. The van der Waals surface area contributed by atoms with E-state index < -0.39 is 5.79 Å². The molecular weight excluding hydrogens is 438 g/mol. The Kier molecular flexibility index (Phi) is 6.12. The van der Waals surface area contributed by atoms with Crippen LogP contribution in [0.5, 0.6) is 0 Å². The van der Waals surface area contributed by atoms with E-state index in [0.717, 1.165) is 43.9 Å². The standard InChI is InChI=1S/C29H31N3O3/c33-28-29(34-20-9-21-35-29)25-14-7-8-15-26(25)32(28)22-30-16-18-31(19-17-30)27(23-10-3-1-4-11-23)24-12-5-2-6-13-24/h1-8,10-15,27H,9,16-22H2. The Hall–Kier alpha value is -3.03. The number of piperazine rings is 1. The van der Waals surface area contributed by atoms with E-state index >= 15 is 0 Å². The van der Waals surface area contributed by atoms with Gasteiger partial charge in [-0.15, -0.1) is 0 Å². The number of amides is 1. The number of carbonyl (C=O) groups is 1. The monoisotopic (exact) mass is 469 g/mol. The molecule has 0 N–H and O–H groups in total. The first-order valence-electron chi connectivity index (χ1n) is 12.5. The fourth-order valence-corrected chi connectivity index (χ4v) is 5.59. The summed E-state index contributed by atoms with van der Waals surface area (Å²) in [6, 6.07) is 29.6. The first-order valence-corrected chi connectivity index (χ1v) is 12.5. The van der Waals surface area contributed by atoms with Crippen molar-refractivity contribution in [2.24, 2.45) is 0 Å². The highest BCUT2D eigenvalue weighted by Crippen LogP contribution is 2.45. The van der Waals surface area contributed by atoms with E-state index in [2.05, 4.69) is 70.5 Å². The van der Waals surface area contributed by atoms with E-state index in [0.29, 0.717) is 19.9 Å². The van der Waals surface area contributed by atoms with Gasteiger partial charge in [0, 0.05) is 31.7 Å². The first-order chi connectivity index (χ1) is 17.3. The van der Waals surface area contributed by atoms with E-state index in [1.165, 1.54) is 11.1 Å². The predicted molar refractivity (Wildman–Crippen MR) is 135 cm³/mol. The molecular formula is C29H31N3O3. The summed E-state index contributed by atoms with van der Waals surface area (Å²) in [7, 11) is 0. The molecule has 6 nitrogen and oxygen atoms in total. The van der Waals surface area contributed by atoms with Crippen molar-refractivity contribution in [2.45, 2.75) is 18.2 Å². The second-order valence-electron chi connectivity index (χ2n) is 9.44. The highest BCUT2D eigenvalue weighted by molar-refractivity contribution is 6.06. The van der Waals surface area contributed by atoms with Crippen molar-refractivity contribution in [3.63, 3.8) is 0 Å². The van der Waals surface area contributed by atoms with Crippen molar-refractivity contribution in [3.05, 3.63) is 102 Å². The summed E-state index contributed by atoms with van der Waals surface area (Å²) in [4.78, 5) is 20.4. The lowest BCUT2D eigenvalue weighted by molar-refractivity contribution is -0.257. The average Bonchev–Trinajstić information content (AvgIpc) is 3.14. The zero-order valence-corrected chi connectivity index (χ0v) is 19.9. The Labute approximate surface area is 206 Å². The van der Waals surface area contributed by atoms with Crippen LogP contribution in [-0.4, -0.2) is 61.8 Å². The minimum atomic E-state index is -1.28. The fraction of sp³-hybridized carbons (Fsp3) is 0.345. The number of hydrogen-bond donors (Lipinski definition) is 0. The van der Waals surface area contributed by atoms with Gasteiger partial charge in [-0.2, -0.15) is 0 Å². The number of nitrogens with zero attached hydrogens (tertiary/aromatic N) is 3. The normalized spacial score (nSPS) is 20.5. The molecule has 1 amide bonds. The van der Waals surface area contributed by atoms with Gasteiger partial charge in [-0.1, -0.05) is 78.9 Å². The van der Waals surface area contributed by atoms with Crippen molar-refractivity contribution < 1.29 is 14.3 Å². The zero-order chi connectivity index (χ0) is 23.7. The van der Waals surface area contributed by atoms with E-state index in [4.69, 9.17) is 9.47 Å². The highest BCUT2D eigenvalue weighted by Gasteiger charge is 2.55. The van der Waals surface area contributed by atoms with Gasteiger partial charge in [0.05, 0.1) is 31.6 Å². The molecule has 0 atom stereocenters. The van der Waals surface area contributed by atoms with Crippen molar-refractivity contribution in [1.82, 2.24) is 9.80 Å². The summed E-state index contributed by atoms with van der Waals surface area (Å²) < 4.78 is 12.0. The second kappa shape index (κ2) is 9.55. The van der Waals surface area contributed by atoms with Crippen molar-refractivity contribution >= 4 is 11.6 Å². The zero-order valence-electron chi connectivity index (χ0n) is 19.9. The average molecular weight is 470 g/mol. The van der Waals surface area contributed by atoms with E-state index in [9.17, 15) is 4.79 Å². The molecule has 3 heterocycles. The lowest BCUT2D eigenvalue weighted by Gasteiger charge is -2.41. The molecule has 0 unspecified atom stereocenters. The van der Waals surface area contributed by atoms with Gasteiger partial charge in [0.25, 0.3) is 11.7 Å². The number of rotatable bonds is 5. The van der Waals surface area contributed by atoms with Crippen LogP contribution < -0.4 is 4.90 Å². The third-order valence-electron chi connectivity index (χ3n) is 7.32. The molecule has 6 heteroatoms. The maximum Gasteiger partial charge on any atom is 0.293 e. The first kappa shape index (κ1) is 22.4. The number of benzene rings is 3. The van der Waals surface area contributed by atoms with Crippen molar-refractivity contribution in [1.29, 1.82) is 0 Å². The molecule has 1 spiro atoms. The molecule has 3 aliphatic rings. The van der Waals surface area contributed by atoms with Crippen LogP contribution in [-0.2, 0) is 20.1 Å². The SMILES string of the molecule is O=C1N(CN2CCN(C(c3ccccc3)c3ccccc3)CC2)c2ccccc2C12OCCCO2. The van der Waals surface area contributed by atoms with Gasteiger partial charge >= 0.3 is 0 Å². The largest absolute Gasteiger partial charge is 0.338 e. The van der Waals surface area contributed by atoms with Crippen molar-refractivity contribution in [2.75, 3.05) is 51.0 Å². The van der Waals surface area contributed by atoms with Gasteiger partial charge in [-0.25, -0.2) is 0 Å². The van der Waals surface area contributed by atoms with Gasteiger partial charge in [-0.05, 0) is 23.6 Å². The molecule has 35 heavy (non-hydrogen) atoms. The van der Waals surface area contributed by atoms with Crippen LogP contribution in [0.15, 0.2) is 84.9 Å². The molecule has 3 aromatic carbocycles. The van der Waals surface area contributed by atoms with Gasteiger partial charge in [0.15, 0.2) is 0 Å². The molecule has 3 aromatic rings. The Morgan fingerprint density at radius 2 is 1.31 bits per heavy atom. The topological polar surface area (TPSA) is 45.3 Å². The van der Waals surface area contributed by atoms with Gasteiger partial charge < -0.3 is 9.47 Å². The lowest BCUT2D eigenvalue weighted by Crippen LogP contribution is -2.54. The van der Waals surface area contributed by atoms with Crippen LogP contribution in [0.1, 0.15) is 29.2 Å². The molecule has 180 valence electrons. The maximum atomic E-state index is 13.6. The Bertz CT molecular complexity index is 1120. The van der Waals surface area contributed by atoms with Crippen LogP contribution in [0.4, 0.5) is 5.69 Å². The minimum Gasteiger partial charge on any atom is -0.338 e. The highest BCUT2D eigenvalue weighted by atomic mass is 16.7. The molecule has 6 rings (SSSR count). The van der Waals surface area contributed by atoms with E-state index in [-0.39, 0.29) is 11.9 Å². The number of fused-ring (bicyclic) bond motifs is 2. The molecule has 0 aromatic heterocycles. The number of hydrogen-bond acceptors (Lipinski definition) is 5. The van der Waals surface area contributed by atoms with E-state index in [1.54, 1.807) is 0 Å². The molecule has 0 aliphatic carbocycles. The minimum absolute atomic E-state index is 0.104. The summed E-state index contributed by atoms with van der Waals surface area (Å²) in [5, 5.41) is 0. The smallest absolute Gasteiger partial charge is 0.293 e. The van der Waals surface area contributed by atoms with E-state index in [1.807, 2.05) is 29.2 Å². The molecule has 0 saturated carbocycles. The van der Waals surface area contributed by atoms with Crippen LogP contribution in [0.3, 0.4) is 0 Å². The Morgan fingerprint density at radius 3 is 1.94 bits per heavy atom. The summed E-state index contributed by atoms with van der Waals surface area (Å²) in [5.74, 6) is -1.38. The quantitative estimate of drug-likeness (QED) is 0.566. The van der Waals surface area contributed by atoms with Crippen LogP contribution in [0, 0.1) is 0 Å². The van der Waals surface area contributed by atoms with Crippen LogP contribution in [0.25, 0.3) is 0 Å². The summed E-state index contributed by atoms with van der Waals surface area (Å²) >= 11 is 0. The number of anilines is 1. The van der Waals surface area contributed by atoms with Gasteiger partial charge in [-0.3, -0.25) is 19.5 Å². The van der Waals surface area contributed by atoms with Gasteiger partial charge in [0.2, 0.25) is 0 Å². The van der Waals surface area contributed by atoms with Crippen molar-refractivity contribution in [3.8, 4) is 0 Å². The van der Waals surface area contributed by atoms with Gasteiger partial charge in [0.1, 0.15) is 0 Å². The van der Waals surface area contributed by atoms with Crippen LogP contribution >= 0.6 is 0 Å². The fourth-order valence-electron chi connectivity index (χ4n) is 5.59. The predicted octanol–water partition coefficient (Wildman–Crippen LogP) is 3.99. The molecule has 2 fully saturated rings. The molecule has 2 saturated heterocycles. The summed E-state index contributed by atoms with van der Waals surface area (Å²) in [5.41, 5.74) is 4.35. The Morgan fingerprint density at radius 1 is 0.743 bits per heavy atom. The molecule has 0 radical (unpaired) electrons. The van der Waals surface area contributed by atoms with Crippen LogP contribution in [0.2, 0.25) is 0 Å². The molecule has 3 aliphatic heterocycles. The number of para-hydroxylation sites is 1. The number of ether oxygens (including phenoxy) is 2.